The molecule has 0 heterocycles. The molecule has 4 aromatic carbocycles. The van der Waals surface area contributed by atoms with E-state index in [1.807, 2.05) is 38.1 Å². The van der Waals surface area contributed by atoms with E-state index in [9.17, 15) is 9.59 Å². The van der Waals surface area contributed by atoms with Crippen LogP contribution in [0.4, 0.5) is 0 Å². The summed E-state index contributed by atoms with van der Waals surface area (Å²) in [5, 5.41) is 0. The number of ether oxygens (including phenoxy) is 4. The summed E-state index contributed by atoms with van der Waals surface area (Å²) in [6.07, 6.45) is 0. The Morgan fingerprint density at radius 1 is 0.583 bits per heavy atom. The van der Waals surface area contributed by atoms with Gasteiger partial charge in [-0.15, -0.1) is 0 Å². The average molecular weight is 483 g/mol. The number of benzene rings is 4. The Morgan fingerprint density at radius 3 is 1.58 bits per heavy atom. The number of carbonyl (C=O) groups excluding carboxylic acids is 2. The standard InChI is InChI=1S/C30H26O6/c1-19-15-24(34-4)28(25(16-19)35-29(31)21-11-7-5-8-12-21)27-20(2)17-23(33-3)18-26(27)36-30(32)22-13-9-6-10-14-22/h5-18H,1-4H3. The molecule has 182 valence electrons. The Labute approximate surface area is 210 Å². The fourth-order valence-electron chi connectivity index (χ4n) is 3.92. The van der Waals surface area contributed by atoms with Gasteiger partial charge in [0.05, 0.1) is 30.9 Å². The van der Waals surface area contributed by atoms with E-state index < -0.39 is 11.9 Å². The van der Waals surface area contributed by atoms with Gasteiger partial charge in [0.15, 0.2) is 0 Å². The van der Waals surface area contributed by atoms with Gasteiger partial charge in [-0.1, -0.05) is 36.4 Å². The predicted molar refractivity (Wildman–Crippen MR) is 137 cm³/mol. The molecule has 0 unspecified atom stereocenters. The Morgan fingerprint density at radius 2 is 1.08 bits per heavy atom. The van der Waals surface area contributed by atoms with Crippen LogP contribution in [0.5, 0.6) is 23.0 Å². The maximum Gasteiger partial charge on any atom is 0.343 e. The summed E-state index contributed by atoms with van der Waals surface area (Å²) in [5.41, 5.74) is 3.42. The van der Waals surface area contributed by atoms with E-state index in [1.54, 1.807) is 60.7 Å². The Hall–Kier alpha value is -4.58. The first-order valence-electron chi connectivity index (χ1n) is 11.3. The highest BCUT2D eigenvalue weighted by atomic mass is 16.5. The second-order valence-corrected chi connectivity index (χ2v) is 8.17. The van der Waals surface area contributed by atoms with Crippen LogP contribution in [0.3, 0.4) is 0 Å². The molecular formula is C30H26O6. The largest absolute Gasteiger partial charge is 0.497 e. The summed E-state index contributed by atoms with van der Waals surface area (Å²) in [4.78, 5) is 26.0. The molecule has 0 atom stereocenters. The third kappa shape index (κ3) is 5.23. The summed E-state index contributed by atoms with van der Waals surface area (Å²) in [6.45, 7) is 3.74. The SMILES string of the molecule is COc1cc(C)c(-c2c(OC)cc(C)cc2OC(=O)c2ccccc2)c(OC(=O)c2ccccc2)c1. The van der Waals surface area contributed by atoms with Crippen LogP contribution in [0.2, 0.25) is 0 Å². The van der Waals surface area contributed by atoms with Crippen molar-refractivity contribution in [3.05, 3.63) is 107 Å². The number of aryl methyl sites for hydroxylation is 2. The molecule has 0 aromatic heterocycles. The second kappa shape index (κ2) is 10.8. The molecule has 0 aliphatic carbocycles. The molecule has 0 spiro atoms. The normalized spacial score (nSPS) is 10.4. The van der Waals surface area contributed by atoms with E-state index in [1.165, 1.54) is 14.2 Å². The first-order chi connectivity index (χ1) is 17.4. The molecule has 0 fully saturated rings. The second-order valence-electron chi connectivity index (χ2n) is 8.17. The zero-order valence-corrected chi connectivity index (χ0v) is 20.5. The number of methoxy groups -OCH3 is 2. The molecule has 0 saturated heterocycles. The van der Waals surface area contributed by atoms with E-state index >= 15 is 0 Å². The molecule has 36 heavy (non-hydrogen) atoms. The van der Waals surface area contributed by atoms with Crippen LogP contribution in [0, 0.1) is 13.8 Å². The van der Waals surface area contributed by atoms with Gasteiger partial charge in [0, 0.05) is 11.6 Å². The summed E-state index contributed by atoms with van der Waals surface area (Å²) in [7, 11) is 3.08. The Kier molecular flexibility index (Phi) is 7.35. The van der Waals surface area contributed by atoms with Crippen molar-refractivity contribution in [3.63, 3.8) is 0 Å². The highest BCUT2D eigenvalue weighted by Crippen LogP contribution is 2.47. The number of rotatable bonds is 7. The summed E-state index contributed by atoms with van der Waals surface area (Å²) in [5.74, 6) is 0.472. The summed E-state index contributed by atoms with van der Waals surface area (Å²) >= 11 is 0. The Bertz CT molecular complexity index is 1390. The lowest BCUT2D eigenvalue weighted by molar-refractivity contribution is 0.0722. The lowest BCUT2D eigenvalue weighted by Gasteiger charge is -2.20. The van der Waals surface area contributed by atoms with Crippen molar-refractivity contribution < 1.29 is 28.5 Å². The van der Waals surface area contributed by atoms with E-state index in [4.69, 9.17) is 18.9 Å². The van der Waals surface area contributed by atoms with Crippen LogP contribution in [-0.2, 0) is 0 Å². The predicted octanol–water partition coefficient (Wildman–Crippen LogP) is 6.43. The maximum atomic E-state index is 13.0. The third-order valence-corrected chi connectivity index (χ3v) is 5.61. The van der Waals surface area contributed by atoms with Gasteiger partial charge < -0.3 is 18.9 Å². The van der Waals surface area contributed by atoms with Gasteiger partial charge in [0.25, 0.3) is 0 Å². The highest BCUT2D eigenvalue weighted by molar-refractivity contribution is 5.96. The van der Waals surface area contributed by atoms with E-state index in [0.29, 0.717) is 33.8 Å². The van der Waals surface area contributed by atoms with Gasteiger partial charge >= 0.3 is 11.9 Å². The van der Waals surface area contributed by atoms with E-state index in [-0.39, 0.29) is 11.5 Å². The molecule has 6 heteroatoms. The fourth-order valence-corrected chi connectivity index (χ4v) is 3.92. The molecule has 4 rings (SSSR count). The zero-order valence-electron chi connectivity index (χ0n) is 20.5. The Balaban J connectivity index is 1.88. The van der Waals surface area contributed by atoms with Gasteiger partial charge in [-0.2, -0.15) is 0 Å². The molecule has 0 saturated carbocycles. The summed E-state index contributed by atoms with van der Waals surface area (Å²) in [6, 6.07) is 24.5. The molecule has 6 nitrogen and oxygen atoms in total. The summed E-state index contributed by atoms with van der Waals surface area (Å²) < 4.78 is 22.9. The number of hydrogen-bond donors (Lipinski definition) is 0. The van der Waals surface area contributed by atoms with Crippen molar-refractivity contribution in [3.8, 4) is 34.1 Å². The third-order valence-electron chi connectivity index (χ3n) is 5.61. The van der Waals surface area contributed by atoms with Gasteiger partial charge in [-0.25, -0.2) is 9.59 Å². The molecule has 0 bridgehead atoms. The quantitative estimate of drug-likeness (QED) is 0.223. The molecule has 0 aliphatic rings. The molecule has 0 aliphatic heterocycles. The fraction of sp³-hybridized carbons (Fsp3) is 0.133. The van der Waals surface area contributed by atoms with Crippen LogP contribution in [0.25, 0.3) is 11.1 Å². The molecule has 0 N–H and O–H groups in total. The molecule has 4 aromatic rings. The lowest BCUT2D eigenvalue weighted by atomic mass is 9.95. The van der Waals surface area contributed by atoms with Crippen molar-refractivity contribution >= 4 is 11.9 Å². The lowest BCUT2D eigenvalue weighted by Crippen LogP contribution is -2.12. The van der Waals surface area contributed by atoms with Crippen molar-refractivity contribution in [1.29, 1.82) is 0 Å². The van der Waals surface area contributed by atoms with Crippen LogP contribution >= 0.6 is 0 Å². The highest BCUT2D eigenvalue weighted by Gasteiger charge is 2.25. The monoisotopic (exact) mass is 482 g/mol. The molecule has 0 amide bonds. The van der Waals surface area contributed by atoms with Crippen LogP contribution in [0.1, 0.15) is 31.8 Å². The van der Waals surface area contributed by atoms with Crippen molar-refractivity contribution in [2.45, 2.75) is 13.8 Å². The van der Waals surface area contributed by atoms with Crippen LogP contribution in [-0.4, -0.2) is 26.2 Å². The minimum absolute atomic E-state index is 0.250. The van der Waals surface area contributed by atoms with Gasteiger partial charge in [-0.3, -0.25) is 0 Å². The van der Waals surface area contributed by atoms with Gasteiger partial charge in [0.2, 0.25) is 0 Å². The average Bonchev–Trinajstić information content (AvgIpc) is 2.89. The minimum Gasteiger partial charge on any atom is -0.497 e. The topological polar surface area (TPSA) is 71.1 Å². The van der Waals surface area contributed by atoms with Gasteiger partial charge in [0.1, 0.15) is 23.0 Å². The van der Waals surface area contributed by atoms with E-state index in [0.717, 1.165) is 11.1 Å². The zero-order chi connectivity index (χ0) is 25.7. The first-order valence-corrected chi connectivity index (χ1v) is 11.3. The molecule has 0 radical (unpaired) electrons. The smallest absolute Gasteiger partial charge is 0.343 e. The van der Waals surface area contributed by atoms with Crippen molar-refractivity contribution in [2.75, 3.05) is 14.2 Å². The number of carbonyl (C=O) groups is 2. The van der Waals surface area contributed by atoms with Crippen molar-refractivity contribution in [2.24, 2.45) is 0 Å². The van der Waals surface area contributed by atoms with E-state index in [2.05, 4.69) is 0 Å². The minimum atomic E-state index is -0.529. The van der Waals surface area contributed by atoms with Gasteiger partial charge in [-0.05, 0) is 67.4 Å². The van der Waals surface area contributed by atoms with Crippen molar-refractivity contribution in [1.82, 2.24) is 0 Å². The maximum absolute atomic E-state index is 13.0. The van der Waals surface area contributed by atoms with Crippen LogP contribution in [0.15, 0.2) is 84.9 Å². The molecular weight excluding hydrogens is 456 g/mol. The number of hydrogen-bond acceptors (Lipinski definition) is 6. The first kappa shape index (κ1) is 24.5. The number of esters is 2. The van der Waals surface area contributed by atoms with Crippen LogP contribution < -0.4 is 18.9 Å².